The topological polar surface area (TPSA) is 87.2 Å². The van der Waals surface area contributed by atoms with E-state index in [0.29, 0.717) is 24.7 Å². The lowest BCUT2D eigenvalue weighted by Gasteiger charge is -2.19. The quantitative estimate of drug-likeness (QED) is 0.314. The lowest BCUT2D eigenvalue weighted by molar-refractivity contribution is 0.0954. The molecule has 1 fully saturated rings. The van der Waals surface area contributed by atoms with Crippen LogP contribution in [0.3, 0.4) is 0 Å². The van der Waals surface area contributed by atoms with Gasteiger partial charge in [-0.2, -0.15) is 0 Å². The monoisotopic (exact) mass is 439 g/mol. The van der Waals surface area contributed by atoms with Gasteiger partial charge in [0.25, 0.3) is 5.91 Å². The van der Waals surface area contributed by atoms with E-state index in [2.05, 4.69) is 25.8 Å². The predicted molar refractivity (Wildman–Crippen MR) is 127 cm³/mol. The molecule has 32 heavy (non-hydrogen) atoms. The normalized spacial score (nSPS) is 16.5. The zero-order chi connectivity index (χ0) is 22.8. The van der Waals surface area contributed by atoms with Crippen molar-refractivity contribution in [2.24, 2.45) is 4.99 Å². The fourth-order valence-corrected chi connectivity index (χ4v) is 3.75. The summed E-state index contributed by atoms with van der Waals surface area (Å²) >= 11 is 0. The van der Waals surface area contributed by atoms with E-state index < -0.39 is 0 Å². The number of nitrogens with zero attached hydrogens (tertiary/aromatic N) is 2. The van der Waals surface area contributed by atoms with Gasteiger partial charge in [0.1, 0.15) is 11.5 Å². The SMILES string of the molecule is CN=C(NCCNC(=O)c1ccccc1)NC1CCN(Cc2cc(OC)cc(OC)c2)C1. The lowest BCUT2D eigenvalue weighted by Crippen LogP contribution is -2.46. The summed E-state index contributed by atoms with van der Waals surface area (Å²) < 4.78 is 10.8. The van der Waals surface area contributed by atoms with E-state index in [1.54, 1.807) is 33.4 Å². The molecule has 1 amide bonds. The van der Waals surface area contributed by atoms with Gasteiger partial charge in [-0.25, -0.2) is 0 Å². The van der Waals surface area contributed by atoms with Gasteiger partial charge in [0.15, 0.2) is 5.96 Å². The van der Waals surface area contributed by atoms with Crippen LogP contribution in [0.2, 0.25) is 0 Å². The predicted octanol–water partition coefficient (Wildman–Crippen LogP) is 1.87. The van der Waals surface area contributed by atoms with Gasteiger partial charge in [-0.15, -0.1) is 0 Å². The molecule has 1 aliphatic rings. The number of amides is 1. The van der Waals surface area contributed by atoms with E-state index in [0.717, 1.165) is 43.5 Å². The first-order chi connectivity index (χ1) is 15.6. The Morgan fingerprint density at radius 2 is 1.75 bits per heavy atom. The average Bonchev–Trinajstić information content (AvgIpc) is 3.27. The van der Waals surface area contributed by atoms with Gasteiger partial charge in [-0.1, -0.05) is 18.2 Å². The Bertz CT molecular complexity index is 882. The molecule has 0 saturated carbocycles. The molecule has 1 saturated heterocycles. The first kappa shape index (κ1) is 23.4. The first-order valence-corrected chi connectivity index (χ1v) is 10.9. The maximum Gasteiger partial charge on any atom is 0.251 e. The number of rotatable bonds is 9. The highest BCUT2D eigenvalue weighted by atomic mass is 16.5. The maximum atomic E-state index is 12.1. The van der Waals surface area contributed by atoms with Crippen molar-refractivity contribution in [2.45, 2.75) is 19.0 Å². The summed E-state index contributed by atoms with van der Waals surface area (Å²) in [6.07, 6.45) is 1.03. The third-order valence-electron chi connectivity index (χ3n) is 5.39. The molecule has 0 bridgehead atoms. The molecule has 1 unspecified atom stereocenters. The van der Waals surface area contributed by atoms with Crippen molar-refractivity contribution in [1.29, 1.82) is 0 Å². The number of guanidine groups is 1. The van der Waals surface area contributed by atoms with Crippen molar-refractivity contribution in [1.82, 2.24) is 20.9 Å². The molecule has 1 atom stereocenters. The summed E-state index contributed by atoms with van der Waals surface area (Å²) in [6, 6.07) is 15.5. The Morgan fingerprint density at radius 3 is 2.41 bits per heavy atom. The number of hydrogen-bond donors (Lipinski definition) is 3. The zero-order valence-corrected chi connectivity index (χ0v) is 19.1. The van der Waals surface area contributed by atoms with Crippen molar-refractivity contribution < 1.29 is 14.3 Å². The van der Waals surface area contributed by atoms with E-state index in [9.17, 15) is 4.79 Å². The smallest absolute Gasteiger partial charge is 0.251 e. The summed E-state index contributed by atoms with van der Waals surface area (Å²) in [4.78, 5) is 18.8. The van der Waals surface area contributed by atoms with Crippen LogP contribution in [0.1, 0.15) is 22.3 Å². The van der Waals surface area contributed by atoms with Crippen LogP contribution in [0.4, 0.5) is 0 Å². The van der Waals surface area contributed by atoms with E-state index in [-0.39, 0.29) is 5.91 Å². The van der Waals surface area contributed by atoms with Gasteiger partial charge >= 0.3 is 0 Å². The number of methoxy groups -OCH3 is 2. The molecule has 0 spiro atoms. The maximum absolute atomic E-state index is 12.1. The number of ether oxygens (including phenoxy) is 2. The van der Waals surface area contributed by atoms with Gasteiger partial charge in [0.05, 0.1) is 14.2 Å². The van der Waals surface area contributed by atoms with Crippen molar-refractivity contribution >= 4 is 11.9 Å². The molecular weight excluding hydrogens is 406 g/mol. The zero-order valence-electron chi connectivity index (χ0n) is 19.1. The molecule has 2 aromatic carbocycles. The van der Waals surface area contributed by atoms with Crippen LogP contribution in [-0.4, -0.2) is 70.3 Å². The standard InChI is InChI=1S/C24H33N5O3/c1-25-24(27-11-10-26-23(30)19-7-5-4-6-8-19)28-20-9-12-29(17-20)16-18-13-21(31-2)15-22(14-18)32-3/h4-8,13-15,20H,9-12,16-17H2,1-3H3,(H,26,30)(H2,25,27,28). The second-order valence-electron chi connectivity index (χ2n) is 7.71. The third kappa shape index (κ3) is 6.88. The fourth-order valence-electron chi connectivity index (χ4n) is 3.75. The molecule has 1 heterocycles. The van der Waals surface area contributed by atoms with Crippen LogP contribution in [0.5, 0.6) is 11.5 Å². The van der Waals surface area contributed by atoms with Gasteiger partial charge in [0, 0.05) is 57.4 Å². The molecule has 0 radical (unpaired) electrons. The molecule has 1 aliphatic heterocycles. The summed E-state index contributed by atoms with van der Waals surface area (Å²) in [5, 5.41) is 9.66. The van der Waals surface area contributed by atoms with Crippen LogP contribution in [0.15, 0.2) is 53.5 Å². The number of likely N-dealkylation sites (tertiary alicyclic amines) is 1. The number of benzene rings is 2. The van der Waals surface area contributed by atoms with E-state index in [1.807, 2.05) is 36.4 Å². The number of carbonyl (C=O) groups is 1. The molecule has 0 aromatic heterocycles. The second kappa shape index (κ2) is 12.0. The van der Waals surface area contributed by atoms with E-state index in [1.165, 1.54) is 5.56 Å². The Labute approximate surface area is 190 Å². The van der Waals surface area contributed by atoms with Crippen molar-refractivity contribution in [2.75, 3.05) is 47.4 Å². The Balaban J connectivity index is 1.40. The van der Waals surface area contributed by atoms with Crippen LogP contribution >= 0.6 is 0 Å². The summed E-state index contributed by atoms with van der Waals surface area (Å²) in [5.41, 5.74) is 1.83. The molecule has 3 rings (SSSR count). The number of carbonyl (C=O) groups excluding carboxylic acids is 1. The number of nitrogens with one attached hydrogen (secondary N) is 3. The highest BCUT2D eigenvalue weighted by Crippen LogP contribution is 2.24. The van der Waals surface area contributed by atoms with Crippen molar-refractivity contribution in [3.63, 3.8) is 0 Å². The minimum absolute atomic E-state index is 0.0732. The van der Waals surface area contributed by atoms with Gasteiger partial charge in [-0.3, -0.25) is 14.7 Å². The minimum atomic E-state index is -0.0732. The summed E-state index contributed by atoms with van der Waals surface area (Å²) in [7, 11) is 5.09. The number of aliphatic imine (C=N–C) groups is 1. The highest BCUT2D eigenvalue weighted by Gasteiger charge is 2.23. The van der Waals surface area contributed by atoms with Crippen LogP contribution in [0.25, 0.3) is 0 Å². The highest BCUT2D eigenvalue weighted by molar-refractivity contribution is 5.94. The van der Waals surface area contributed by atoms with Gasteiger partial charge in [0.2, 0.25) is 0 Å². The molecule has 8 heteroatoms. The largest absolute Gasteiger partial charge is 0.497 e. The Hall–Kier alpha value is -3.26. The number of hydrogen-bond acceptors (Lipinski definition) is 5. The molecule has 2 aromatic rings. The average molecular weight is 440 g/mol. The van der Waals surface area contributed by atoms with Crippen LogP contribution < -0.4 is 25.4 Å². The van der Waals surface area contributed by atoms with Crippen molar-refractivity contribution in [3.05, 3.63) is 59.7 Å². The van der Waals surface area contributed by atoms with E-state index in [4.69, 9.17) is 9.47 Å². The first-order valence-electron chi connectivity index (χ1n) is 10.9. The lowest BCUT2D eigenvalue weighted by atomic mass is 10.2. The van der Waals surface area contributed by atoms with Crippen LogP contribution in [-0.2, 0) is 6.54 Å². The molecular formula is C24H33N5O3. The second-order valence-corrected chi connectivity index (χ2v) is 7.71. The Kier molecular flexibility index (Phi) is 8.74. The molecule has 8 nitrogen and oxygen atoms in total. The van der Waals surface area contributed by atoms with Crippen molar-refractivity contribution in [3.8, 4) is 11.5 Å². The summed E-state index contributed by atoms with van der Waals surface area (Å²) in [5.74, 6) is 2.28. The van der Waals surface area contributed by atoms with Gasteiger partial charge in [-0.05, 0) is 36.2 Å². The van der Waals surface area contributed by atoms with Gasteiger partial charge < -0.3 is 25.4 Å². The fraction of sp³-hybridized carbons (Fsp3) is 0.417. The summed E-state index contributed by atoms with van der Waals surface area (Å²) in [6.45, 7) is 3.87. The minimum Gasteiger partial charge on any atom is -0.497 e. The van der Waals surface area contributed by atoms with E-state index >= 15 is 0 Å². The Morgan fingerprint density at radius 1 is 1.06 bits per heavy atom. The molecule has 3 N–H and O–H groups in total. The molecule has 0 aliphatic carbocycles. The van der Waals surface area contributed by atoms with Crippen LogP contribution in [0, 0.1) is 0 Å². The third-order valence-corrected chi connectivity index (χ3v) is 5.39. The molecule has 172 valence electrons.